The summed E-state index contributed by atoms with van der Waals surface area (Å²) in [5.41, 5.74) is 3.23. The quantitative estimate of drug-likeness (QED) is 0.771. The van der Waals surface area contributed by atoms with Gasteiger partial charge in [-0.15, -0.1) is 0 Å². The van der Waals surface area contributed by atoms with Gasteiger partial charge in [0, 0.05) is 53.6 Å². The van der Waals surface area contributed by atoms with E-state index in [4.69, 9.17) is 0 Å². The van der Waals surface area contributed by atoms with Gasteiger partial charge in [-0.05, 0) is 56.1 Å². The van der Waals surface area contributed by atoms with Gasteiger partial charge in [0.25, 0.3) is 0 Å². The molecule has 1 N–H and O–H groups in total. The number of aliphatic hydroxyl groups is 1. The van der Waals surface area contributed by atoms with E-state index in [-0.39, 0.29) is 5.82 Å². The van der Waals surface area contributed by atoms with Gasteiger partial charge in [-0.2, -0.15) is 0 Å². The summed E-state index contributed by atoms with van der Waals surface area (Å²) >= 11 is 0. The minimum atomic E-state index is -1.05. The zero-order chi connectivity index (χ0) is 18.6. The van der Waals surface area contributed by atoms with Crippen molar-refractivity contribution in [3.8, 4) is 0 Å². The van der Waals surface area contributed by atoms with Gasteiger partial charge in [0.15, 0.2) is 0 Å². The standard InChI is InChI=1S/C22H24FN3O/c1-22(27,15-4-2-8-24-12-15)14-26-20-7-6-16(23)10-18(20)19-13-25-9-3-5-17(25)11-21(19)26/h2,4,6-8,10,12,17,27H,3,5,9,11,13-14H2,1H3. The molecular formula is C22H24FN3O. The second-order valence-electron chi connectivity index (χ2n) is 8.16. The van der Waals surface area contributed by atoms with Crippen LogP contribution >= 0.6 is 0 Å². The van der Waals surface area contributed by atoms with Gasteiger partial charge < -0.3 is 9.67 Å². The van der Waals surface area contributed by atoms with Crippen LogP contribution in [0.1, 0.15) is 36.6 Å². The molecule has 5 rings (SSSR count). The summed E-state index contributed by atoms with van der Waals surface area (Å²) in [7, 11) is 0. The summed E-state index contributed by atoms with van der Waals surface area (Å²) in [5.74, 6) is -0.204. The molecule has 2 unspecified atom stereocenters. The first-order chi connectivity index (χ1) is 13.0. The van der Waals surface area contributed by atoms with E-state index in [1.54, 1.807) is 18.5 Å². The van der Waals surface area contributed by atoms with E-state index in [1.807, 2.05) is 25.1 Å². The van der Waals surface area contributed by atoms with Crippen LogP contribution in [-0.2, 0) is 25.1 Å². The Bertz CT molecular complexity index is 996. The maximum absolute atomic E-state index is 14.0. The van der Waals surface area contributed by atoms with Gasteiger partial charge in [0.1, 0.15) is 11.4 Å². The highest BCUT2D eigenvalue weighted by Gasteiger charge is 2.35. The summed E-state index contributed by atoms with van der Waals surface area (Å²) < 4.78 is 16.2. The zero-order valence-electron chi connectivity index (χ0n) is 15.5. The van der Waals surface area contributed by atoms with Crippen LogP contribution in [0.5, 0.6) is 0 Å². The fourth-order valence-corrected chi connectivity index (χ4v) is 4.88. The number of aromatic nitrogens is 2. The van der Waals surface area contributed by atoms with Crippen LogP contribution in [-0.4, -0.2) is 32.1 Å². The third-order valence-electron chi connectivity index (χ3n) is 6.29. The van der Waals surface area contributed by atoms with Gasteiger partial charge in [-0.25, -0.2) is 4.39 Å². The third-order valence-corrected chi connectivity index (χ3v) is 6.29. The van der Waals surface area contributed by atoms with E-state index in [0.29, 0.717) is 12.6 Å². The van der Waals surface area contributed by atoms with Crippen LogP contribution in [0, 0.1) is 5.82 Å². The predicted molar refractivity (Wildman–Crippen MR) is 103 cm³/mol. The van der Waals surface area contributed by atoms with Gasteiger partial charge in [-0.1, -0.05) is 6.07 Å². The summed E-state index contributed by atoms with van der Waals surface area (Å²) in [4.78, 5) is 6.68. The van der Waals surface area contributed by atoms with Crippen molar-refractivity contribution in [3.63, 3.8) is 0 Å². The molecule has 2 aromatic heterocycles. The lowest BCUT2D eigenvalue weighted by molar-refractivity contribution is 0.0378. The first kappa shape index (κ1) is 16.9. The van der Waals surface area contributed by atoms with Crippen molar-refractivity contribution in [2.75, 3.05) is 6.54 Å². The lowest BCUT2D eigenvalue weighted by atomic mass is 9.96. The van der Waals surface area contributed by atoms with Crippen LogP contribution in [0.25, 0.3) is 10.9 Å². The Hall–Kier alpha value is -2.24. The van der Waals surface area contributed by atoms with Crippen molar-refractivity contribution in [2.24, 2.45) is 0 Å². The molecule has 0 amide bonds. The Kier molecular flexibility index (Phi) is 3.85. The Labute approximate surface area is 158 Å². The molecule has 140 valence electrons. The molecule has 0 radical (unpaired) electrons. The molecule has 1 saturated heterocycles. The molecule has 2 aliphatic heterocycles. The lowest BCUT2D eigenvalue weighted by Crippen LogP contribution is -2.37. The number of hydrogen-bond donors (Lipinski definition) is 1. The van der Waals surface area contributed by atoms with Crippen molar-refractivity contribution < 1.29 is 9.50 Å². The smallest absolute Gasteiger partial charge is 0.123 e. The molecular weight excluding hydrogens is 341 g/mol. The number of halogens is 1. The molecule has 1 fully saturated rings. The van der Waals surface area contributed by atoms with Gasteiger partial charge >= 0.3 is 0 Å². The Morgan fingerprint density at radius 1 is 1.33 bits per heavy atom. The topological polar surface area (TPSA) is 41.3 Å². The average molecular weight is 365 g/mol. The highest BCUT2D eigenvalue weighted by atomic mass is 19.1. The zero-order valence-corrected chi connectivity index (χ0v) is 15.5. The van der Waals surface area contributed by atoms with E-state index in [0.717, 1.165) is 36.0 Å². The molecule has 4 heterocycles. The maximum Gasteiger partial charge on any atom is 0.123 e. The number of pyridine rings is 1. The van der Waals surface area contributed by atoms with Crippen LogP contribution in [0.4, 0.5) is 4.39 Å². The summed E-state index contributed by atoms with van der Waals surface area (Å²) in [5, 5.41) is 12.2. The lowest BCUT2D eigenvalue weighted by Gasteiger charge is -2.32. The summed E-state index contributed by atoms with van der Waals surface area (Å²) in [6, 6.07) is 9.34. The van der Waals surface area contributed by atoms with Gasteiger partial charge in [-0.3, -0.25) is 9.88 Å². The Morgan fingerprint density at radius 2 is 2.22 bits per heavy atom. The minimum absolute atomic E-state index is 0.204. The van der Waals surface area contributed by atoms with Crippen molar-refractivity contribution in [3.05, 3.63) is 65.4 Å². The van der Waals surface area contributed by atoms with Crippen LogP contribution < -0.4 is 0 Å². The normalized spacial score (nSPS) is 21.8. The molecule has 0 saturated carbocycles. The van der Waals surface area contributed by atoms with Gasteiger partial charge in [0.05, 0.1) is 6.54 Å². The minimum Gasteiger partial charge on any atom is -0.384 e. The number of nitrogens with zero attached hydrogens (tertiary/aromatic N) is 3. The van der Waals surface area contributed by atoms with E-state index in [9.17, 15) is 9.50 Å². The van der Waals surface area contributed by atoms with Crippen LogP contribution in [0.3, 0.4) is 0 Å². The second-order valence-corrected chi connectivity index (χ2v) is 8.16. The highest BCUT2D eigenvalue weighted by Crippen LogP contribution is 2.38. The van der Waals surface area contributed by atoms with Crippen molar-refractivity contribution in [1.29, 1.82) is 0 Å². The molecule has 0 aliphatic carbocycles. The fourth-order valence-electron chi connectivity index (χ4n) is 4.88. The van der Waals surface area contributed by atoms with Crippen LogP contribution in [0.2, 0.25) is 0 Å². The monoisotopic (exact) mass is 365 g/mol. The van der Waals surface area contributed by atoms with Crippen molar-refractivity contribution >= 4 is 10.9 Å². The number of benzene rings is 1. The fraction of sp³-hybridized carbons (Fsp3) is 0.409. The molecule has 2 aliphatic rings. The highest BCUT2D eigenvalue weighted by molar-refractivity contribution is 5.86. The van der Waals surface area contributed by atoms with Crippen LogP contribution in [0.15, 0.2) is 42.7 Å². The predicted octanol–water partition coefficient (Wildman–Crippen LogP) is 3.60. The summed E-state index contributed by atoms with van der Waals surface area (Å²) in [6.07, 6.45) is 6.85. The summed E-state index contributed by atoms with van der Waals surface area (Å²) in [6.45, 7) is 4.26. The van der Waals surface area contributed by atoms with E-state index in [2.05, 4.69) is 14.5 Å². The number of fused-ring (bicyclic) bond motifs is 4. The number of hydrogen-bond acceptors (Lipinski definition) is 3. The third kappa shape index (κ3) is 2.77. The molecule has 2 atom stereocenters. The van der Waals surface area contributed by atoms with Crippen molar-refractivity contribution in [2.45, 2.75) is 50.9 Å². The Balaban J connectivity index is 1.64. The van der Waals surface area contributed by atoms with E-state index >= 15 is 0 Å². The number of rotatable bonds is 3. The molecule has 1 aromatic carbocycles. The molecule has 5 heteroatoms. The van der Waals surface area contributed by atoms with E-state index in [1.165, 1.54) is 30.2 Å². The molecule has 4 nitrogen and oxygen atoms in total. The molecule has 0 spiro atoms. The SMILES string of the molecule is CC(O)(Cn1c2c(c3cc(F)ccc31)CN1CCCC1C2)c1cccnc1. The largest absolute Gasteiger partial charge is 0.384 e. The first-order valence-electron chi connectivity index (χ1n) is 9.69. The van der Waals surface area contributed by atoms with Gasteiger partial charge in [0.2, 0.25) is 0 Å². The second kappa shape index (κ2) is 6.14. The molecule has 3 aromatic rings. The maximum atomic E-state index is 14.0. The van der Waals surface area contributed by atoms with Crippen molar-refractivity contribution in [1.82, 2.24) is 14.5 Å². The molecule has 0 bridgehead atoms. The average Bonchev–Trinajstić information content (AvgIpc) is 3.23. The van der Waals surface area contributed by atoms with E-state index < -0.39 is 5.60 Å². The Morgan fingerprint density at radius 3 is 3.04 bits per heavy atom. The molecule has 27 heavy (non-hydrogen) atoms. The first-order valence-corrected chi connectivity index (χ1v) is 9.69.